The van der Waals surface area contributed by atoms with Crippen molar-refractivity contribution in [2.75, 3.05) is 26.2 Å². The third-order valence-electron chi connectivity index (χ3n) is 3.04. The summed E-state index contributed by atoms with van der Waals surface area (Å²) in [5.41, 5.74) is 0.827. The maximum Gasteiger partial charge on any atom is 0.405 e. The first kappa shape index (κ1) is 15.9. The van der Waals surface area contributed by atoms with Crippen LogP contribution in [0.4, 0.5) is 18.0 Å². The van der Waals surface area contributed by atoms with Crippen LogP contribution >= 0.6 is 11.6 Å². The number of urea groups is 1. The second-order valence-corrected chi connectivity index (χ2v) is 5.07. The van der Waals surface area contributed by atoms with E-state index in [0.29, 0.717) is 5.02 Å². The van der Waals surface area contributed by atoms with Gasteiger partial charge in [-0.25, -0.2) is 4.79 Å². The first-order chi connectivity index (χ1) is 9.85. The van der Waals surface area contributed by atoms with E-state index in [4.69, 9.17) is 16.3 Å². The minimum absolute atomic E-state index is 0.200. The highest BCUT2D eigenvalue weighted by molar-refractivity contribution is 6.30. The van der Waals surface area contributed by atoms with Crippen molar-refractivity contribution in [1.82, 2.24) is 10.2 Å². The van der Waals surface area contributed by atoms with Crippen LogP contribution < -0.4 is 5.32 Å². The van der Waals surface area contributed by atoms with Crippen molar-refractivity contribution in [1.29, 1.82) is 0 Å². The molecule has 21 heavy (non-hydrogen) atoms. The summed E-state index contributed by atoms with van der Waals surface area (Å²) >= 11 is 5.79. The molecule has 0 aromatic heterocycles. The molecule has 1 atom stereocenters. The molecule has 1 heterocycles. The third kappa shape index (κ3) is 4.78. The number of benzene rings is 1. The van der Waals surface area contributed by atoms with Crippen molar-refractivity contribution in [3.8, 4) is 0 Å². The molecule has 1 N–H and O–H groups in total. The van der Waals surface area contributed by atoms with Crippen molar-refractivity contribution in [3.63, 3.8) is 0 Å². The monoisotopic (exact) mass is 322 g/mol. The first-order valence-corrected chi connectivity index (χ1v) is 6.69. The number of nitrogens with one attached hydrogen (secondary N) is 1. The Balaban J connectivity index is 1.94. The van der Waals surface area contributed by atoms with E-state index >= 15 is 0 Å². The van der Waals surface area contributed by atoms with Gasteiger partial charge in [-0.2, -0.15) is 13.2 Å². The molecule has 0 spiro atoms. The zero-order valence-electron chi connectivity index (χ0n) is 11.0. The van der Waals surface area contributed by atoms with Crippen LogP contribution in [0.5, 0.6) is 0 Å². The Morgan fingerprint density at radius 2 is 2.05 bits per heavy atom. The molecular weight excluding hydrogens is 309 g/mol. The number of nitrogens with zero attached hydrogens (tertiary/aromatic N) is 1. The minimum atomic E-state index is -4.42. The fourth-order valence-corrected chi connectivity index (χ4v) is 2.13. The van der Waals surface area contributed by atoms with Crippen LogP contribution in [-0.2, 0) is 4.74 Å². The van der Waals surface area contributed by atoms with E-state index in [1.165, 1.54) is 4.90 Å². The summed E-state index contributed by atoms with van der Waals surface area (Å²) < 4.78 is 41.8. The first-order valence-electron chi connectivity index (χ1n) is 6.32. The zero-order chi connectivity index (χ0) is 15.5. The van der Waals surface area contributed by atoms with E-state index in [2.05, 4.69) is 0 Å². The molecule has 1 fully saturated rings. The number of carbonyl (C=O) groups excluding carboxylic acids is 1. The molecule has 1 aliphatic heterocycles. The van der Waals surface area contributed by atoms with Crippen LogP contribution in [0.25, 0.3) is 0 Å². The van der Waals surface area contributed by atoms with Crippen LogP contribution in [0, 0.1) is 0 Å². The van der Waals surface area contributed by atoms with Gasteiger partial charge < -0.3 is 15.0 Å². The Morgan fingerprint density at radius 1 is 1.38 bits per heavy atom. The maximum absolute atomic E-state index is 12.1. The topological polar surface area (TPSA) is 41.6 Å². The zero-order valence-corrected chi connectivity index (χ0v) is 11.7. The van der Waals surface area contributed by atoms with Crippen molar-refractivity contribution in [3.05, 3.63) is 34.9 Å². The number of carbonyl (C=O) groups is 1. The van der Waals surface area contributed by atoms with Crippen LogP contribution in [-0.4, -0.2) is 43.3 Å². The summed E-state index contributed by atoms with van der Waals surface area (Å²) in [7, 11) is 0. The number of rotatable bonds is 2. The molecule has 0 aliphatic carbocycles. The van der Waals surface area contributed by atoms with Crippen LogP contribution in [0.1, 0.15) is 11.7 Å². The predicted molar refractivity (Wildman–Crippen MR) is 71.2 cm³/mol. The number of hydrogen-bond acceptors (Lipinski definition) is 2. The Labute approximate surface area is 124 Å². The molecule has 0 saturated carbocycles. The number of ether oxygens (including phenoxy) is 1. The van der Waals surface area contributed by atoms with Gasteiger partial charge in [0.05, 0.1) is 13.2 Å². The fourth-order valence-electron chi connectivity index (χ4n) is 2.00. The van der Waals surface area contributed by atoms with Gasteiger partial charge in [0.1, 0.15) is 12.6 Å². The number of amides is 2. The number of morpholine rings is 1. The third-order valence-corrected chi connectivity index (χ3v) is 3.29. The van der Waals surface area contributed by atoms with Gasteiger partial charge in [0.25, 0.3) is 0 Å². The number of hydrogen-bond donors (Lipinski definition) is 1. The average molecular weight is 323 g/mol. The lowest BCUT2D eigenvalue weighted by Crippen LogP contribution is -2.49. The van der Waals surface area contributed by atoms with E-state index in [1.807, 2.05) is 5.32 Å². The van der Waals surface area contributed by atoms with E-state index in [9.17, 15) is 18.0 Å². The molecule has 0 radical (unpaired) electrons. The summed E-state index contributed by atoms with van der Waals surface area (Å²) in [6.45, 7) is -0.610. The Bertz CT molecular complexity index is 493. The van der Waals surface area contributed by atoms with E-state index < -0.39 is 18.8 Å². The van der Waals surface area contributed by atoms with Gasteiger partial charge in [0.15, 0.2) is 0 Å². The summed E-state index contributed by atoms with van der Waals surface area (Å²) in [5, 5.41) is 2.44. The summed E-state index contributed by atoms with van der Waals surface area (Å²) in [4.78, 5) is 13.0. The van der Waals surface area contributed by atoms with Crippen molar-refractivity contribution >= 4 is 17.6 Å². The lowest BCUT2D eigenvalue weighted by molar-refractivity contribution is -0.123. The van der Waals surface area contributed by atoms with Crippen LogP contribution in [0.15, 0.2) is 24.3 Å². The lowest BCUT2D eigenvalue weighted by atomic mass is 10.1. The SMILES string of the molecule is O=C(NCC(F)(F)F)N1CCOC(c2ccc(Cl)cc2)C1. The molecule has 4 nitrogen and oxygen atoms in total. The molecule has 1 aliphatic rings. The van der Waals surface area contributed by atoms with Gasteiger partial charge in [-0.15, -0.1) is 0 Å². The van der Waals surface area contributed by atoms with E-state index in [-0.39, 0.29) is 25.8 Å². The van der Waals surface area contributed by atoms with Crippen molar-refractivity contribution < 1.29 is 22.7 Å². The Hall–Kier alpha value is -1.47. The van der Waals surface area contributed by atoms with E-state index in [0.717, 1.165) is 5.56 Å². The quantitative estimate of drug-likeness (QED) is 0.909. The largest absolute Gasteiger partial charge is 0.405 e. The molecule has 1 aromatic rings. The molecule has 0 bridgehead atoms. The highest BCUT2D eigenvalue weighted by atomic mass is 35.5. The van der Waals surface area contributed by atoms with Crippen LogP contribution in [0.2, 0.25) is 5.02 Å². The molecule has 116 valence electrons. The highest BCUT2D eigenvalue weighted by Gasteiger charge is 2.30. The molecule has 8 heteroatoms. The lowest BCUT2D eigenvalue weighted by Gasteiger charge is -2.33. The van der Waals surface area contributed by atoms with Gasteiger partial charge in [0, 0.05) is 11.6 Å². The molecule has 1 unspecified atom stereocenters. The normalized spacial score (nSPS) is 19.4. The van der Waals surface area contributed by atoms with Crippen LogP contribution in [0.3, 0.4) is 0 Å². The highest BCUT2D eigenvalue weighted by Crippen LogP contribution is 2.23. The van der Waals surface area contributed by atoms with Gasteiger partial charge in [-0.05, 0) is 17.7 Å². The number of halogens is 4. The minimum Gasteiger partial charge on any atom is -0.370 e. The van der Waals surface area contributed by atoms with E-state index in [1.54, 1.807) is 24.3 Å². The van der Waals surface area contributed by atoms with Gasteiger partial charge in [0.2, 0.25) is 0 Å². The van der Waals surface area contributed by atoms with Gasteiger partial charge in [-0.1, -0.05) is 23.7 Å². The van der Waals surface area contributed by atoms with Crippen molar-refractivity contribution in [2.45, 2.75) is 12.3 Å². The van der Waals surface area contributed by atoms with Crippen molar-refractivity contribution in [2.24, 2.45) is 0 Å². The number of alkyl halides is 3. The average Bonchev–Trinajstić information content (AvgIpc) is 2.45. The second-order valence-electron chi connectivity index (χ2n) is 4.63. The molecule has 2 rings (SSSR count). The summed E-state index contributed by atoms with van der Waals surface area (Å²) in [5.74, 6) is 0. The Morgan fingerprint density at radius 3 is 2.67 bits per heavy atom. The molecule has 1 aromatic carbocycles. The van der Waals surface area contributed by atoms with Gasteiger partial charge >= 0.3 is 12.2 Å². The summed E-state index contributed by atoms with van der Waals surface area (Å²) in [6, 6.07) is 6.19. The standard InChI is InChI=1S/C13H14ClF3N2O2/c14-10-3-1-9(2-4-10)11-7-19(5-6-21-11)12(20)18-8-13(15,16)17/h1-4,11H,5-8H2,(H,18,20). The molecular formula is C13H14ClF3N2O2. The molecule has 2 amide bonds. The Kier molecular flexibility index (Phi) is 4.95. The predicted octanol–water partition coefficient (Wildman–Crippen LogP) is 2.99. The van der Waals surface area contributed by atoms with Gasteiger partial charge in [-0.3, -0.25) is 0 Å². The fraction of sp³-hybridized carbons (Fsp3) is 0.462. The smallest absolute Gasteiger partial charge is 0.370 e. The maximum atomic E-state index is 12.1. The molecule has 1 saturated heterocycles. The summed E-state index contributed by atoms with van der Waals surface area (Å²) in [6.07, 6.45) is -4.79. The second kappa shape index (κ2) is 6.53.